The second-order valence-corrected chi connectivity index (χ2v) is 9.43. The number of hydrogen-bond acceptors (Lipinski definition) is 7. The van der Waals surface area contributed by atoms with Gasteiger partial charge < -0.3 is 14.4 Å². The second-order valence-electron chi connectivity index (χ2n) is 9.43. The highest BCUT2D eigenvalue weighted by atomic mass is 35.5. The molecule has 0 spiro atoms. The molecule has 0 amide bonds. The van der Waals surface area contributed by atoms with Gasteiger partial charge in [-0.3, -0.25) is 14.6 Å². The monoisotopic (exact) mass is 522 g/mol. The van der Waals surface area contributed by atoms with Gasteiger partial charge >= 0.3 is 0 Å². The van der Waals surface area contributed by atoms with Crippen LogP contribution in [0.15, 0.2) is 55.0 Å². The molecule has 9 heteroatoms. The van der Waals surface area contributed by atoms with Crippen molar-refractivity contribution in [2.24, 2.45) is 7.05 Å². The van der Waals surface area contributed by atoms with Crippen LogP contribution in [0.5, 0.6) is 11.5 Å². The van der Waals surface area contributed by atoms with Gasteiger partial charge in [-0.15, -0.1) is 12.4 Å². The third-order valence-electron chi connectivity index (χ3n) is 7.04. The third kappa shape index (κ3) is 5.97. The first-order valence-corrected chi connectivity index (χ1v) is 12.5. The van der Waals surface area contributed by atoms with Crippen molar-refractivity contribution in [1.29, 1.82) is 0 Å². The van der Waals surface area contributed by atoms with Crippen LogP contribution in [-0.2, 0) is 7.05 Å². The van der Waals surface area contributed by atoms with E-state index in [0.717, 1.165) is 64.8 Å². The standard InChI is InChI=1S/C28H34N6O2.ClH/c1-20-7-5-6-10-33(20)11-12-34(23-13-24(35-3)16-25(14-23)36-4)22-8-9-26-27(15-22)31-28(18-29-26)21-17-30-32(2)19-21;/h8-9,13-20H,5-7,10-12H2,1-4H3;1H. The lowest BCUT2D eigenvalue weighted by Gasteiger charge is -2.35. The summed E-state index contributed by atoms with van der Waals surface area (Å²) in [5.74, 6) is 1.53. The molecule has 1 saturated heterocycles. The van der Waals surface area contributed by atoms with Gasteiger partial charge in [0.15, 0.2) is 0 Å². The number of aromatic nitrogens is 4. The number of hydrogen-bond donors (Lipinski definition) is 0. The summed E-state index contributed by atoms with van der Waals surface area (Å²) >= 11 is 0. The first-order valence-electron chi connectivity index (χ1n) is 12.5. The molecule has 1 fully saturated rings. The average Bonchev–Trinajstić information content (AvgIpc) is 3.35. The molecule has 1 unspecified atom stereocenters. The Morgan fingerprint density at radius 1 is 0.973 bits per heavy atom. The summed E-state index contributed by atoms with van der Waals surface area (Å²) in [5.41, 5.74) is 5.54. The van der Waals surface area contributed by atoms with Crippen LogP contribution in [0.25, 0.3) is 22.3 Å². The zero-order valence-electron chi connectivity index (χ0n) is 21.9. The smallest absolute Gasteiger partial charge is 0.124 e. The van der Waals surface area contributed by atoms with Crippen LogP contribution >= 0.6 is 12.4 Å². The minimum atomic E-state index is 0. The van der Waals surface area contributed by atoms with E-state index in [1.807, 2.05) is 37.8 Å². The maximum atomic E-state index is 5.58. The molecular formula is C28H35ClN6O2. The number of rotatable bonds is 8. The number of piperidine rings is 1. The van der Waals surface area contributed by atoms with Gasteiger partial charge in [-0.1, -0.05) is 6.42 Å². The normalized spacial score (nSPS) is 15.8. The molecule has 2 aromatic carbocycles. The number of ether oxygens (including phenoxy) is 2. The number of anilines is 2. The van der Waals surface area contributed by atoms with E-state index in [-0.39, 0.29) is 12.4 Å². The molecule has 0 N–H and O–H groups in total. The molecule has 8 nitrogen and oxygen atoms in total. The van der Waals surface area contributed by atoms with Crippen molar-refractivity contribution < 1.29 is 9.47 Å². The lowest BCUT2D eigenvalue weighted by molar-refractivity contribution is 0.165. The lowest BCUT2D eigenvalue weighted by atomic mass is 10.0. The molecule has 0 aliphatic carbocycles. The van der Waals surface area contributed by atoms with Gasteiger partial charge in [0.1, 0.15) is 11.5 Å². The zero-order valence-corrected chi connectivity index (χ0v) is 22.7. The predicted molar refractivity (Wildman–Crippen MR) is 150 cm³/mol. The lowest BCUT2D eigenvalue weighted by Crippen LogP contribution is -2.41. The average molecular weight is 523 g/mol. The quantitative estimate of drug-likeness (QED) is 0.303. The van der Waals surface area contributed by atoms with E-state index in [9.17, 15) is 0 Å². The van der Waals surface area contributed by atoms with E-state index in [0.29, 0.717) is 6.04 Å². The number of fused-ring (bicyclic) bond motifs is 1. The summed E-state index contributed by atoms with van der Waals surface area (Å²) in [6.45, 7) is 5.29. The Morgan fingerprint density at radius 2 is 1.76 bits per heavy atom. The topological polar surface area (TPSA) is 68.5 Å². The van der Waals surface area contributed by atoms with Crippen molar-refractivity contribution in [3.63, 3.8) is 0 Å². The Bertz CT molecular complexity index is 1320. The highest BCUT2D eigenvalue weighted by Crippen LogP contribution is 2.34. The molecule has 3 heterocycles. The van der Waals surface area contributed by atoms with E-state index in [4.69, 9.17) is 14.5 Å². The van der Waals surface area contributed by atoms with Crippen LogP contribution in [0.4, 0.5) is 11.4 Å². The van der Waals surface area contributed by atoms with Gasteiger partial charge in [-0.2, -0.15) is 5.10 Å². The van der Waals surface area contributed by atoms with E-state index in [1.165, 1.54) is 19.3 Å². The Labute approximate surface area is 224 Å². The summed E-state index contributed by atoms with van der Waals surface area (Å²) < 4.78 is 12.9. The van der Waals surface area contributed by atoms with Crippen molar-refractivity contribution in [2.75, 3.05) is 38.8 Å². The van der Waals surface area contributed by atoms with Crippen LogP contribution in [0.2, 0.25) is 0 Å². The molecule has 196 valence electrons. The van der Waals surface area contributed by atoms with E-state index in [1.54, 1.807) is 18.9 Å². The Kier molecular flexibility index (Phi) is 8.51. The Balaban J connectivity index is 0.00000320. The highest BCUT2D eigenvalue weighted by Gasteiger charge is 2.21. The van der Waals surface area contributed by atoms with Crippen molar-refractivity contribution in [2.45, 2.75) is 32.2 Å². The summed E-state index contributed by atoms with van der Waals surface area (Å²) in [5, 5.41) is 4.28. The predicted octanol–water partition coefficient (Wildman–Crippen LogP) is 5.48. The molecule has 1 aliphatic rings. The van der Waals surface area contributed by atoms with Crippen molar-refractivity contribution in [3.05, 3.63) is 55.0 Å². The van der Waals surface area contributed by atoms with Gasteiger partial charge in [0.05, 0.1) is 43.3 Å². The molecule has 2 aromatic heterocycles. The number of halogens is 1. The van der Waals surface area contributed by atoms with Crippen LogP contribution in [0, 0.1) is 0 Å². The number of methoxy groups -OCH3 is 2. The summed E-state index contributed by atoms with van der Waals surface area (Å²) in [6, 6.07) is 12.9. The highest BCUT2D eigenvalue weighted by molar-refractivity contribution is 5.85. The van der Waals surface area contributed by atoms with E-state index < -0.39 is 0 Å². The maximum absolute atomic E-state index is 5.58. The molecular weight excluding hydrogens is 488 g/mol. The maximum Gasteiger partial charge on any atom is 0.124 e. The van der Waals surface area contributed by atoms with E-state index in [2.05, 4.69) is 51.1 Å². The Morgan fingerprint density at radius 3 is 2.43 bits per heavy atom. The van der Waals surface area contributed by atoms with Crippen LogP contribution < -0.4 is 14.4 Å². The molecule has 37 heavy (non-hydrogen) atoms. The fourth-order valence-corrected chi connectivity index (χ4v) is 4.93. The molecule has 1 aliphatic heterocycles. The van der Waals surface area contributed by atoms with Gasteiger partial charge in [0.25, 0.3) is 0 Å². The Hall–Kier alpha value is -3.36. The summed E-state index contributed by atoms with van der Waals surface area (Å²) in [6.07, 6.45) is 9.41. The zero-order chi connectivity index (χ0) is 25.1. The summed E-state index contributed by atoms with van der Waals surface area (Å²) in [7, 11) is 5.27. The molecule has 0 saturated carbocycles. The molecule has 5 rings (SSSR count). The van der Waals surface area contributed by atoms with Crippen LogP contribution in [0.1, 0.15) is 26.2 Å². The fraction of sp³-hybridized carbons (Fsp3) is 0.393. The van der Waals surface area contributed by atoms with E-state index >= 15 is 0 Å². The van der Waals surface area contributed by atoms with Gasteiger partial charge in [0.2, 0.25) is 0 Å². The molecule has 1 atom stereocenters. The van der Waals surface area contributed by atoms with Crippen molar-refractivity contribution in [1.82, 2.24) is 24.6 Å². The number of nitrogens with zero attached hydrogens (tertiary/aromatic N) is 6. The largest absolute Gasteiger partial charge is 0.497 e. The van der Waals surface area contributed by atoms with Crippen molar-refractivity contribution in [3.8, 4) is 22.8 Å². The van der Waals surface area contributed by atoms with Crippen molar-refractivity contribution >= 4 is 34.8 Å². The van der Waals surface area contributed by atoms with Crippen LogP contribution in [-0.4, -0.2) is 64.5 Å². The van der Waals surface area contributed by atoms with Gasteiger partial charge in [-0.25, -0.2) is 4.98 Å². The minimum absolute atomic E-state index is 0. The molecule has 0 radical (unpaired) electrons. The number of likely N-dealkylation sites (tertiary alicyclic amines) is 1. The minimum Gasteiger partial charge on any atom is -0.497 e. The first-order chi connectivity index (χ1) is 17.5. The second kappa shape index (κ2) is 11.8. The molecule has 4 aromatic rings. The van der Waals surface area contributed by atoms with Gasteiger partial charge in [-0.05, 0) is 44.5 Å². The first kappa shape index (κ1) is 26.7. The molecule has 0 bridgehead atoms. The van der Waals surface area contributed by atoms with Gasteiger partial charge in [0, 0.05) is 67.5 Å². The third-order valence-corrected chi connectivity index (χ3v) is 7.04. The summed E-state index contributed by atoms with van der Waals surface area (Å²) in [4.78, 5) is 14.5. The SMILES string of the molecule is COc1cc(OC)cc(N(CCN2CCCCC2C)c2ccc3ncc(-c4cnn(C)c4)nc3c2)c1.Cl. The number of benzene rings is 2. The number of aryl methyl sites for hydroxylation is 1. The van der Waals surface area contributed by atoms with Crippen LogP contribution in [0.3, 0.4) is 0 Å². The fourth-order valence-electron chi connectivity index (χ4n) is 4.93.